The van der Waals surface area contributed by atoms with Crippen molar-refractivity contribution >= 4 is 11.6 Å². The van der Waals surface area contributed by atoms with Crippen molar-refractivity contribution < 1.29 is 0 Å². The molecule has 0 aliphatic carbocycles. The first kappa shape index (κ1) is 11.2. The average Bonchev–Trinajstić information content (AvgIpc) is 2.30. The third-order valence-corrected chi connectivity index (χ3v) is 3.11. The van der Waals surface area contributed by atoms with Gasteiger partial charge in [-0.05, 0) is 48.6 Å². The van der Waals surface area contributed by atoms with Gasteiger partial charge in [-0.1, -0.05) is 48.0 Å². The molecule has 0 atom stereocenters. The number of hydrogen-bond acceptors (Lipinski definition) is 0. The molecule has 0 bridgehead atoms. The summed E-state index contributed by atoms with van der Waals surface area (Å²) in [4.78, 5) is 0. The quantitative estimate of drug-likeness (QED) is 0.732. The van der Waals surface area contributed by atoms with Crippen LogP contribution < -0.4 is 0 Å². The molecule has 0 radical (unpaired) electrons. The highest BCUT2D eigenvalue weighted by Crippen LogP contribution is 2.14. The molecule has 82 valence electrons. The second-order valence-corrected chi connectivity index (χ2v) is 4.49. The van der Waals surface area contributed by atoms with Gasteiger partial charge >= 0.3 is 0 Å². The Kier molecular flexibility index (Phi) is 3.63. The van der Waals surface area contributed by atoms with Crippen molar-refractivity contribution in [1.29, 1.82) is 0 Å². The molecule has 0 aliphatic rings. The van der Waals surface area contributed by atoms with E-state index in [2.05, 4.69) is 43.3 Å². The van der Waals surface area contributed by atoms with Gasteiger partial charge in [-0.2, -0.15) is 0 Å². The maximum atomic E-state index is 5.85. The molecule has 2 aromatic rings. The van der Waals surface area contributed by atoms with Crippen LogP contribution in [-0.4, -0.2) is 0 Å². The van der Waals surface area contributed by atoms with Crippen LogP contribution in [0.5, 0.6) is 0 Å². The van der Waals surface area contributed by atoms with Crippen LogP contribution in [0.2, 0.25) is 5.02 Å². The minimum absolute atomic E-state index is 0.805. The first-order chi connectivity index (χ1) is 7.75. The Morgan fingerprint density at radius 2 is 1.56 bits per heavy atom. The van der Waals surface area contributed by atoms with Gasteiger partial charge in [0.25, 0.3) is 0 Å². The number of hydrogen-bond donors (Lipinski definition) is 0. The third kappa shape index (κ3) is 2.86. The highest BCUT2D eigenvalue weighted by Gasteiger charge is 1.98. The Bertz CT molecular complexity index is 457. The average molecular weight is 231 g/mol. The Morgan fingerprint density at radius 3 is 2.25 bits per heavy atom. The molecule has 0 saturated carbocycles. The highest BCUT2D eigenvalue weighted by molar-refractivity contribution is 6.30. The molecule has 0 unspecified atom stereocenters. The predicted octanol–water partition coefficient (Wildman–Crippen LogP) is 4.43. The lowest BCUT2D eigenvalue weighted by Gasteiger charge is -2.05. The van der Waals surface area contributed by atoms with E-state index in [-0.39, 0.29) is 0 Å². The standard InChI is InChI=1S/C15H15Cl/c1-12-4-2-3-5-14(12)9-6-13-7-10-15(16)11-8-13/h2-5,7-8,10-11H,6,9H2,1H3. The summed E-state index contributed by atoms with van der Waals surface area (Å²) in [5.41, 5.74) is 4.14. The van der Waals surface area contributed by atoms with Crippen molar-refractivity contribution in [2.75, 3.05) is 0 Å². The zero-order valence-electron chi connectivity index (χ0n) is 9.41. The van der Waals surface area contributed by atoms with E-state index in [0.717, 1.165) is 17.9 Å². The number of benzene rings is 2. The molecular weight excluding hydrogens is 216 g/mol. The lowest BCUT2D eigenvalue weighted by atomic mass is 10.0. The van der Waals surface area contributed by atoms with Crippen LogP contribution in [0, 0.1) is 6.92 Å². The Balaban J connectivity index is 2.02. The van der Waals surface area contributed by atoms with Crippen molar-refractivity contribution in [3.63, 3.8) is 0 Å². The molecule has 0 amide bonds. The molecule has 0 aromatic heterocycles. The summed E-state index contributed by atoms with van der Waals surface area (Å²) < 4.78 is 0. The van der Waals surface area contributed by atoms with Crippen LogP contribution in [-0.2, 0) is 12.8 Å². The summed E-state index contributed by atoms with van der Waals surface area (Å²) in [6.07, 6.45) is 2.16. The molecule has 16 heavy (non-hydrogen) atoms. The normalized spacial score (nSPS) is 10.4. The van der Waals surface area contributed by atoms with Crippen molar-refractivity contribution in [2.24, 2.45) is 0 Å². The largest absolute Gasteiger partial charge is 0.0843 e. The SMILES string of the molecule is Cc1ccccc1CCc1ccc(Cl)cc1. The first-order valence-corrected chi connectivity index (χ1v) is 5.92. The van der Waals surface area contributed by atoms with Gasteiger partial charge in [-0.3, -0.25) is 0 Å². The first-order valence-electron chi connectivity index (χ1n) is 5.54. The van der Waals surface area contributed by atoms with E-state index in [1.165, 1.54) is 16.7 Å². The lowest BCUT2D eigenvalue weighted by Crippen LogP contribution is -1.93. The molecule has 2 rings (SSSR count). The van der Waals surface area contributed by atoms with E-state index in [1.807, 2.05) is 12.1 Å². The molecule has 0 fully saturated rings. The number of halogens is 1. The van der Waals surface area contributed by atoms with Crippen LogP contribution in [0.3, 0.4) is 0 Å². The monoisotopic (exact) mass is 230 g/mol. The van der Waals surface area contributed by atoms with Crippen molar-refractivity contribution in [3.8, 4) is 0 Å². The van der Waals surface area contributed by atoms with E-state index in [1.54, 1.807) is 0 Å². The van der Waals surface area contributed by atoms with Crippen LogP contribution in [0.1, 0.15) is 16.7 Å². The van der Waals surface area contributed by atoms with E-state index in [4.69, 9.17) is 11.6 Å². The molecule has 0 aliphatic heterocycles. The second-order valence-electron chi connectivity index (χ2n) is 4.05. The molecule has 0 heterocycles. The summed E-state index contributed by atoms with van der Waals surface area (Å²) >= 11 is 5.85. The van der Waals surface area contributed by atoms with Gasteiger partial charge in [0.1, 0.15) is 0 Å². The minimum atomic E-state index is 0.805. The fourth-order valence-corrected chi connectivity index (χ4v) is 1.95. The predicted molar refractivity (Wildman–Crippen MR) is 70.0 cm³/mol. The Morgan fingerprint density at radius 1 is 0.875 bits per heavy atom. The van der Waals surface area contributed by atoms with Gasteiger partial charge in [-0.15, -0.1) is 0 Å². The summed E-state index contributed by atoms with van der Waals surface area (Å²) in [6.45, 7) is 2.16. The van der Waals surface area contributed by atoms with Gasteiger partial charge in [-0.25, -0.2) is 0 Å². The topological polar surface area (TPSA) is 0 Å². The highest BCUT2D eigenvalue weighted by atomic mass is 35.5. The van der Waals surface area contributed by atoms with Crippen LogP contribution in [0.25, 0.3) is 0 Å². The number of rotatable bonds is 3. The zero-order chi connectivity index (χ0) is 11.4. The van der Waals surface area contributed by atoms with Gasteiger partial charge in [0, 0.05) is 5.02 Å². The Labute approximate surface area is 102 Å². The molecule has 0 spiro atoms. The second kappa shape index (κ2) is 5.18. The molecule has 2 aromatic carbocycles. The maximum absolute atomic E-state index is 5.85. The maximum Gasteiger partial charge on any atom is 0.0406 e. The molecule has 1 heteroatoms. The number of aryl methyl sites for hydroxylation is 3. The molecular formula is C15H15Cl. The zero-order valence-corrected chi connectivity index (χ0v) is 10.2. The fourth-order valence-electron chi connectivity index (χ4n) is 1.82. The summed E-state index contributed by atoms with van der Waals surface area (Å²) in [5.74, 6) is 0. The van der Waals surface area contributed by atoms with E-state index in [9.17, 15) is 0 Å². The van der Waals surface area contributed by atoms with Crippen LogP contribution in [0.15, 0.2) is 48.5 Å². The van der Waals surface area contributed by atoms with Gasteiger partial charge in [0.15, 0.2) is 0 Å². The molecule has 0 N–H and O–H groups in total. The van der Waals surface area contributed by atoms with Crippen molar-refractivity contribution in [3.05, 3.63) is 70.2 Å². The smallest absolute Gasteiger partial charge is 0.0406 e. The fraction of sp³-hybridized carbons (Fsp3) is 0.200. The summed E-state index contributed by atoms with van der Waals surface area (Å²) in [7, 11) is 0. The van der Waals surface area contributed by atoms with Gasteiger partial charge < -0.3 is 0 Å². The summed E-state index contributed by atoms with van der Waals surface area (Å²) in [6, 6.07) is 16.7. The Hall–Kier alpha value is -1.27. The molecule has 0 saturated heterocycles. The minimum Gasteiger partial charge on any atom is -0.0843 e. The van der Waals surface area contributed by atoms with Gasteiger partial charge in [0.2, 0.25) is 0 Å². The van der Waals surface area contributed by atoms with E-state index in [0.29, 0.717) is 0 Å². The van der Waals surface area contributed by atoms with Crippen LogP contribution in [0.4, 0.5) is 0 Å². The van der Waals surface area contributed by atoms with Crippen molar-refractivity contribution in [2.45, 2.75) is 19.8 Å². The molecule has 0 nitrogen and oxygen atoms in total. The lowest BCUT2D eigenvalue weighted by molar-refractivity contribution is 0.949. The third-order valence-electron chi connectivity index (χ3n) is 2.86. The van der Waals surface area contributed by atoms with Crippen LogP contribution >= 0.6 is 11.6 Å². The van der Waals surface area contributed by atoms with Gasteiger partial charge in [0.05, 0.1) is 0 Å². The summed E-state index contributed by atoms with van der Waals surface area (Å²) in [5, 5.41) is 0.805. The van der Waals surface area contributed by atoms with E-state index >= 15 is 0 Å². The van der Waals surface area contributed by atoms with E-state index < -0.39 is 0 Å². The van der Waals surface area contributed by atoms with Crippen molar-refractivity contribution in [1.82, 2.24) is 0 Å².